The van der Waals surface area contributed by atoms with Gasteiger partial charge < -0.3 is 9.47 Å². The van der Waals surface area contributed by atoms with Crippen LogP contribution in [0.15, 0.2) is 24.3 Å². The third-order valence-corrected chi connectivity index (χ3v) is 3.61. The number of para-hydroxylation sites is 2. The molecule has 1 aromatic carbocycles. The van der Waals surface area contributed by atoms with Crippen LogP contribution in [0.2, 0.25) is 0 Å². The maximum atomic E-state index is 13.0. The van der Waals surface area contributed by atoms with E-state index in [0.29, 0.717) is 11.3 Å². The van der Waals surface area contributed by atoms with Crippen molar-refractivity contribution in [1.82, 2.24) is 4.98 Å². The van der Waals surface area contributed by atoms with E-state index in [1.54, 1.807) is 0 Å². The third kappa shape index (κ3) is 4.77. The van der Waals surface area contributed by atoms with Crippen molar-refractivity contribution in [2.45, 2.75) is 25.9 Å². The first-order valence-electron chi connectivity index (χ1n) is 6.78. The fraction of sp³-hybridized carbons (Fsp3) is 0.286. The van der Waals surface area contributed by atoms with Crippen LogP contribution in [0.5, 0.6) is 10.8 Å². The van der Waals surface area contributed by atoms with Gasteiger partial charge in [0, 0.05) is 0 Å². The molecule has 12 heteroatoms. The summed E-state index contributed by atoms with van der Waals surface area (Å²) in [6, 6.07) is 4.48. The van der Waals surface area contributed by atoms with Crippen LogP contribution in [0.3, 0.4) is 0 Å². The Morgan fingerprint density at radius 2 is 1.88 bits per heavy atom. The molecule has 1 heterocycles. The van der Waals surface area contributed by atoms with E-state index in [2.05, 4.69) is 9.72 Å². The fourth-order valence-electron chi connectivity index (χ4n) is 1.71. The van der Waals surface area contributed by atoms with Gasteiger partial charge in [0.25, 0.3) is 6.43 Å². The van der Waals surface area contributed by atoms with E-state index < -0.39 is 47.2 Å². The monoisotopic (exact) mass is 400 g/mol. The van der Waals surface area contributed by atoms with E-state index in [4.69, 9.17) is 4.74 Å². The maximum absolute atomic E-state index is 13.0. The number of alkyl halides is 6. The Kier molecular flexibility index (Phi) is 5.95. The van der Waals surface area contributed by atoms with E-state index in [1.807, 2.05) is 5.32 Å². The van der Waals surface area contributed by atoms with Crippen molar-refractivity contribution >= 4 is 23.1 Å². The second kappa shape index (κ2) is 7.81. The van der Waals surface area contributed by atoms with Gasteiger partial charge in [-0.05, 0) is 19.1 Å². The van der Waals surface area contributed by atoms with Gasteiger partial charge in [0.2, 0.25) is 5.06 Å². The van der Waals surface area contributed by atoms with Gasteiger partial charge in [0.1, 0.15) is 5.75 Å². The predicted molar refractivity (Wildman–Crippen MR) is 79.5 cm³/mol. The van der Waals surface area contributed by atoms with E-state index in [9.17, 15) is 31.1 Å². The molecule has 1 aromatic heterocycles. The summed E-state index contributed by atoms with van der Waals surface area (Å²) in [5, 5.41) is 1.70. The van der Waals surface area contributed by atoms with Gasteiger partial charge in [-0.15, -0.1) is 0 Å². The van der Waals surface area contributed by atoms with Crippen LogP contribution in [-0.2, 0) is 0 Å². The van der Waals surface area contributed by atoms with Crippen molar-refractivity contribution in [3.63, 3.8) is 0 Å². The number of ether oxygens (including phenoxy) is 2. The molecule has 0 saturated heterocycles. The van der Waals surface area contributed by atoms with Crippen LogP contribution >= 0.6 is 11.3 Å². The molecule has 2 aromatic rings. The Morgan fingerprint density at radius 3 is 2.50 bits per heavy atom. The highest BCUT2D eigenvalue weighted by Gasteiger charge is 2.44. The summed E-state index contributed by atoms with van der Waals surface area (Å²) in [5.41, 5.74) is -1.17. The number of halogens is 6. The number of nitrogens with one attached hydrogen (secondary N) is 1. The van der Waals surface area contributed by atoms with Gasteiger partial charge in [0.05, 0.1) is 10.7 Å². The molecule has 0 spiro atoms. The van der Waals surface area contributed by atoms with Crippen LogP contribution in [0.25, 0.3) is 0 Å². The lowest BCUT2D eigenvalue weighted by Crippen LogP contribution is -2.33. The number of aromatic nitrogens is 1. The number of carbonyl (C=O) groups excluding carboxylic acids is 1. The molecule has 0 fully saturated rings. The van der Waals surface area contributed by atoms with Crippen LogP contribution < -0.4 is 14.8 Å². The van der Waals surface area contributed by atoms with Crippen LogP contribution in [0, 0.1) is 6.92 Å². The highest BCUT2D eigenvalue weighted by Crippen LogP contribution is 2.35. The summed E-state index contributed by atoms with van der Waals surface area (Å²) in [6.45, 7) is 1.41. The Balaban J connectivity index is 2.15. The average Bonchev–Trinajstić information content (AvgIpc) is 2.89. The van der Waals surface area contributed by atoms with Gasteiger partial charge in [-0.25, -0.2) is 18.6 Å². The summed E-state index contributed by atoms with van der Waals surface area (Å²) in [6.07, 6.45) is -13.2. The number of anilines is 1. The minimum atomic E-state index is -4.79. The SMILES string of the molecule is Cc1nc(C(F)F)c(OC(=O)Nc2ccccc2OC(F)(F)C(F)F)s1. The summed E-state index contributed by atoms with van der Waals surface area (Å²) < 4.78 is 84.8. The Bertz CT molecular complexity index is 784. The molecule has 5 nitrogen and oxygen atoms in total. The zero-order valence-electron chi connectivity index (χ0n) is 12.8. The van der Waals surface area contributed by atoms with Crippen molar-refractivity contribution in [2.75, 3.05) is 5.32 Å². The smallest absolute Gasteiger partial charge is 0.426 e. The number of amides is 1. The molecule has 0 atom stereocenters. The third-order valence-electron chi connectivity index (χ3n) is 2.74. The first kappa shape index (κ1) is 19.8. The normalized spacial score (nSPS) is 11.7. The molecule has 1 amide bonds. The molecule has 26 heavy (non-hydrogen) atoms. The van der Waals surface area contributed by atoms with Crippen LogP contribution in [0.1, 0.15) is 17.1 Å². The zero-order chi connectivity index (χ0) is 19.5. The van der Waals surface area contributed by atoms with Gasteiger partial charge in [-0.1, -0.05) is 23.5 Å². The highest BCUT2D eigenvalue weighted by atomic mass is 32.1. The van der Waals surface area contributed by atoms with Gasteiger partial charge in [-0.3, -0.25) is 5.32 Å². The lowest BCUT2D eigenvalue weighted by Gasteiger charge is -2.19. The highest BCUT2D eigenvalue weighted by molar-refractivity contribution is 7.13. The van der Waals surface area contributed by atoms with Gasteiger partial charge in [-0.2, -0.15) is 17.6 Å². The molecule has 0 unspecified atom stereocenters. The van der Waals surface area contributed by atoms with Crippen LogP contribution in [-0.4, -0.2) is 23.6 Å². The molecule has 142 valence electrons. The predicted octanol–water partition coefficient (Wildman–Crippen LogP) is 5.24. The molecule has 1 N–H and O–H groups in total. The molecule has 2 rings (SSSR count). The standard InChI is InChI=1S/C14H10F6N2O3S/c1-6-21-9(10(15)16)11(26-6)24-13(23)22-7-4-2-3-5-8(7)25-14(19,20)12(17)18/h2-5,10,12H,1H3,(H,22,23). The van der Waals surface area contributed by atoms with Crippen molar-refractivity contribution in [3.05, 3.63) is 35.0 Å². The number of carbonyl (C=O) groups is 1. The van der Waals surface area contributed by atoms with Crippen molar-refractivity contribution < 1.29 is 40.6 Å². The van der Waals surface area contributed by atoms with Crippen LogP contribution in [0.4, 0.5) is 36.8 Å². The number of nitrogens with zero attached hydrogens (tertiary/aromatic N) is 1. The Hall–Kier alpha value is -2.50. The summed E-state index contributed by atoms with van der Waals surface area (Å²) >= 11 is 0.675. The summed E-state index contributed by atoms with van der Waals surface area (Å²) in [7, 11) is 0. The van der Waals surface area contributed by atoms with E-state index in [1.165, 1.54) is 19.1 Å². The second-order valence-electron chi connectivity index (χ2n) is 4.68. The number of hydrogen-bond acceptors (Lipinski definition) is 5. The number of hydrogen-bond donors (Lipinski definition) is 1. The Morgan fingerprint density at radius 1 is 1.23 bits per heavy atom. The number of thiazole rings is 1. The zero-order valence-corrected chi connectivity index (χ0v) is 13.6. The van der Waals surface area contributed by atoms with Crippen molar-refractivity contribution in [3.8, 4) is 10.8 Å². The molecule has 0 aliphatic rings. The second-order valence-corrected chi connectivity index (χ2v) is 5.85. The molecule has 0 aliphatic heterocycles. The van der Waals surface area contributed by atoms with Crippen molar-refractivity contribution in [2.24, 2.45) is 0 Å². The minimum absolute atomic E-state index is 0.211. The van der Waals surface area contributed by atoms with E-state index >= 15 is 0 Å². The van der Waals surface area contributed by atoms with E-state index in [-0.39, 0.29) is 5.01 Å². The Labute approximate surface area is 146 Å². The summed E-state index contributed by atoms with van der Waals surface area (Å²) in [5.74, 6) is -0.760. The fourth-order valence-corrected chi connectivity index (χ4v) is 2.47. The quantitative estimate of drug-likeness (QED) is 0.674. The van der Waals surface area contributed by atoms with Gasteiger partial charge in [0.15, 0.2) is 5.69 Å². The molecule has 0 bridgehead atoms. The maximum Gasteiger partial charge on any atom is 0.461 e. The first-order chi connectivity index (χ1) is 12.1. The number of rotatable bonds is 6. The molecular formula is C14H10F6N2O3S. The number of aryl methyl sites for hydroxylation is 1. The topological polar surface area (TPSA) is 60.5 Å². The average molecular weight is 400 g/mol. The van der Waals surface area contributed by atoms with Gasteiger partial charge >= 0.3 is 18.6 Å². The van der Waals surface area contributed by atoms with Crippen molar-refractivity contribution in [1.29, 1.82) is 0 Å². The summed E-state index contributed by atoms with van der Waals surface area (Å²) in [4.78, 5) is 15.3. The van der Waals surface area contributed by atoms with E-state index in [0.717, 1.165) is 12.1 Å². The number of benzene rings is 1. The molecule has 0 saturated carbocycles. The molecule has 0 radical (unpaired) electrons. The molecular weight excluding hydrogens is 390 g/mol. The lowest BCUT2D eigenvalue weighted by molar-refractivity contribution is -0.252. The first-order valence-corrected chi connectivity index (χ1v) is 7.60. The largest absolute Gasteiger partial charge is 0.461 e. The minimum Gasteiger partial charge on any atom is -0.426 e. The molecule has 0 aliphatic carbocycles. The lowest BCUT2D eigenvalue weighted by atomic mass is 10.3.